The Morgan fingerprint density at radius 1 is 0.824 bits per heavy atom. The maximum atomic E-state index is 13.0. The van der Waals surface area contributed by atoms with Gasteiger partial charge in [-0.15, -0.1) is 0 Å². The monoisotopic (exact) mass is 451 g/mol. The highest BCUT2D eigenvalue weighted by atomic mass is 16.5. The lowest BCUT2D eigenvalue weighted by molar-refractivity contribution is 0.0951. The number of nitrogens with zero attached hydrogens (tertiary/aromatic N) is 1. The van der Waals surface area contributed by atoms with Crippen molar-refractivity contribution >= 4 is 17.5 Å². The maximum absolute atomic E-state index is 13.0. The van der Waals surface area contributed by atoms with Gasteiger partial charge in [-0.05, 0) is 60.5 Å². The summed E-state index contributed by atoms with van der Waals surface area (Å²) in [6.07, 6.45) is 0. The first kappa shape index (κ1) is 22.7. The molecule has 0 spiro atoms. The Morgan fingerprint density at radius 2 is 1.56 bits per heavy atom. The van der Waals surface area contributed by atoms with E-state index in [-0.39, 0.29) is 18.4 Å². The molecule has 1 aromatic heterocycles. The van der Waals surface area contributed by atoms with Gasteiger partial charge in [-0.3, -0.25) is 14.6 Å². The molecule has 0 atom stereocenters. The van der Waals surface area contributed by atoms with Crippen LogP contribution in [0.3, 0.4) is 0 Å². The molecule has 4 aromatic rings. The SMILES string of the molecule is COc1ccc(NC(=O)c2ccc(-c3ccccc3)cc2)c(C(=O)NCc2cccc(C)n2)c1. The third-order valence-corrected chi connectivity index (χ3v) is 5.35. The van der Waals surface area contributed by atoms with E-state index < -0.39 is 0 Å². The zero-order valence-electron chi connectivity index (χ0n) is 19.0. The Morgan fingerprint density at radius 3 is 2.26 bits per heavy atom. The smallest absolute Gasteiger partial charge is 0.255 e. The van der Waals surface area contributed by atoms with Crippen LogP contribution in [0.5, 0.6) is 5.75 Å². The first-order chi connectivity index (χ1) is 16.5. The Bertz CT molecular complexity index is 1300. The molecule has 0 aliphatic carbocycles. The summed E-state index contributed by atoms with van der Waals surface area (Å²) >= 11 is 0. The summed E-state index contributed by atoms with van der Waals surface area (Å²) in [5, 5.41) is 5.72. The van der Waals surface area contributed by atoms with Gasteiger partial charge >= 0.3 is 0 Å². The van der Waals surface area contributed by atoms with Gasteiger partial charge in [0.1, 0.15) is 5.75 Å². The number of pyridine rings is 1. The second kappa shape index (κ2) is 10.4. The zero-order chi connectivity index (χ0) is 23.9. The van der Waals surface area contributed by atoms with Crippen molar-refractivity contribution in [3.05, 3.63) is 114 Å². The largest absolute Gasteiger partial charge is 0.497 e. The molecule has 6 heteroatoms. The van der Waals surface area contributed by atoms with Crippen LogP contribution in [0.15, 0.2) is 91.0 Å². The number of hydrogen-bond donors (Lipinski definition) is 2. The lowest BCUT2D eigenvalue weighted by Crippen LogP contribution is -2.25. The van der Waals surface area contributed by atoms with Gasteiger partial charge in [0, 0.05) is 11.3 Å². The van der Waals surface area contributed by atoms with Gasteiger partial charge in [0.2, 0.25) is 0 Å². The van der Waals surface area contributed by atoms with Crippen LogP contribution in [-0.2, 0) is 6.54 Å². The van der Waals surface area contributed by atoms with E-state index in [4.69, 9.17) is 4.74 Å². The number of anilines is 1. The van der Waals surface area contributed by atoms with Crippen LogP contribution in [0.1, 0.15) is 32.1 Å². The molecular weight excluding hydrogens is 426 g/mol. The maximum Gasteiger partial charge on any atom is 0.255 e. The van der Waals surface area contributed by atoms with E-state index >= 15 is 0 Å². The molecule has 0 fully saturated rings. The van der Waals surface area contributed by atoms with Crippen LogP contribution in [0.4, 0.5) is 5.69 Å². The fourth-order valence-electron chi connectivity index (χ4n) is 3.55. The van der Waals surface area contributed by atoms with E-state index in [1.807, 2.05) is 67.6 Å². The van der Waals surface area contributed by atoms with Crippen LogP contribution in [0.2, 0.25) is 0 Å². The van der Waals surface area contributed by atoms with Crippen molar-refractivity contribution < 1.29 is 14.3 Å². The van der Waals surface area contributed by atoms with Crippen LogP contribution in [0, 0.1) is 6.92 Å². The minimum Gasteiger partial charge on any atom is -0.497 e. The Labute approximate surface area is 198 Å². The number of benzene rings is 3. The third-order valence-electron chi connectivity index (χ3n) is 5.35. The third kappa shape index (κ3) is 5.48. The lowest BCUT2D eigenvalue weighted by atomic mass is 10.0. The fourth-order valence-corrected chi connectivity index (χ4v) is 3.55. The molecule has 3 aromatic carbocycles. The van der Waals surface area contributed by atoms with Crippen LogP contribution in [0.25, 0.3) is 11.1 Å². The minimum absolute atomic E-state index is 0.270. The molecule has 0 bridgehead atoms. The molecule has 0 saturated carbocycles. The number of rotatable bonds is 7. The van der Waals surface area contributed by atoms with E-state index in [0.717, 1.165) is 22.5 Å². The van der Waals surface area contributed by atoms with Crippen molar-refractivity contribution in [3.8, 4) is 16.9 Å². The lowest BCUT2D eigenvalue weighted by Gasteiger charge is -2.13. The van der Waals surface area contributed by atoms with E-state index in [1.165, 1.54) is 7.11 Å². The summed E-state index contributed by atoms with van der Waals surface area (Å²) in [7, 11) is 1.53. The summed E-state index contributed by atoms with van der Waals surface area (Å²) in [5.74, 6) is -0.125. The van der Waals surface area contributed by atoms with Gasteiger partial charge in [0.25, 0.3) is 11.8 Å². The summed E-state index contributed by atoms with van der Waals surface area (Å²) < 4.78 is 5.28. The van der Waals surface area contributed by atoms with Crippen LogP contribution >= 0.6 is 0 Å². The first-order valence-corrected chi connectivity index (χ1v) is 10.9. The second-order valence-corrected chi connectivity index (χ2v) is 7.76. The number of hydrogen-bond acceptors (Lipinski definition) is 4. The van der Waals surface area contributed by atoms with Gasteiger partial charge in [0.05, 0.1) is 30.6 Å². The zero-order valence-corrected chi connectivity index (χ0v) is 19.0. The quantitative estimate of drug-likeness (QED) is 0.402. The van der Waals surface area contributed by atoms with Crippen molar-refractivity contribution in [3.63, 3.8) is 0 Å². The highest BCUT2D eigenvalue weighted by Crippen LogP contribution is 2.24. The molecule has 0 aliphatic rings. The Hall–Kier alpha value is -4.45. The molecule has 0 aliphatic heterocycles. The van der Waals surface area contributed by atoms with E-state index in [1.54, 1.807) is 30.3 Å². The van der Waals surface area contributed by atoms with Crippen molar-refractivity contribution in [2.75, 3.05) is 12.4 Å². The van der Waals surface area contributed by atoms with E-state index in [0.29, 0.717) is 22.6 Å². The van der Waals surface area contributed by atoms with Gasteiger partial charge in [-0.1, -0.05) is 48.5 Å². The molecule has 0 saturated heterocycles. The molecule has 2 amide bonds. The van der Waals surface area contributed by atoms with Crippen LogP contribution < -0.4 is 15.4 Å². The molecule has 1 heterocycles. The van der Waals surface area contributed by atoms with Crippen LogP contribution in [-0.4, -0.2) is 23.9 Å². The molecule has 34 heavy (non-hydrogen) atoms. The number of carbonyl (C=O) groups is 2. The van der Waals surface area contributed by atoms with E-state index in [9.17, 15) is 9.59 Å². The molecule has 6 nitrogen and oxygen atoms in total. The summed E-state index contributed by atoms with van der Waals surface area (Å²) in [5.41, 5.74) is 4.91. The minimum atomic E-state index is -0.336. The Balaban J connectivity index is 1.51. The Kier molecular flexibility index (Phi) is 6.98. The van der Waals surface area contributed by atoms with Crippen molar-refractivity contribution in [2.24, 2.45) is 0 Å². The molecule has 0 unspecified atom stereocenters. The van der Waals surface area contributed by atoms with Gasteiger partial charge in [0.15, 0.2) is 0 Å². The average Bonchev–Trinajstić information content (AvgIpc) is 2.88. The predicted octanol–water partition coefficient (Wildman–Crippen LogP) is 5.25. The van der Waals surface area contributed by atoms with Gasteiger partial charge in [-0.2, -0.15) is 0 Å². The molecule has 4 rings (SSSR count). The van der Waals surface area contributed by atoms with Crippen molar-refractivity contribution in [2.45, 2.75) is 13.5 Å². The van der Waals surface area contributed by atoms with Gasteiger partial charge in [-0.25, -0.2) is 0 Å². The highest BCUT2D eigenvalue weighted by molar-refractivity contribution is 6.09. The predicted molar refractivity (Wildman–Crippen MR) is 133 cm³/mol. The number of aromatic nitrogens is 1. The van der Waals surface area contributed by atoms with Crippen molar-refractivity contribution in [1.29, 1.82) is 0 Å². The number of nitrogens with one attached hydrogen (secondary N) is 2. The molecular formula is C28H25N3O3. The number of ether oxygens (including phenoxy) is 1. The topological polar surface area (TPSA) is 80.3 Å². The van der Waals surface area contributed by atoms with Gasteiger partial charge < -0.3 is 15.4 Å². The molecule has 170 valence electrons. The average molecular weight is 452 g/mol. The standard InChI is InChI=1S/C28H25N3O3/c1-19-7-6-10-23(30-19)18-29-28(33)25-17-24(34-2)15-16-26(25)31-27(32)22-13-11-21(12-14-22)20-8-4-3-5-9-20/h3-17H,18H2,1-2H3,(H,29,33)(H,31,32). The number of aryl methyl sites for hydroxylation is 1. The number of carbonyl (C=O) groups excluding carboxylic acids is 2. The summed E-state index contributed by atoms with van der Waals surface area (Å²) in [6, 6.07) is 27.9. The van der Waals surface area contributed by atoms with E-state index in [2.05, 4.69) is 15.6 Å². The number of amides is 2. The normalized spacial score (nSPS) is 10.4. The molecule has 2 N–H and O–H groups in total. The van der Waals surface area contributed by atoms with Crippen molar-refractivity contribution in [1.82, 2.24) is 10.3 Å². The fraction of sp³-hybridized carbons (Fsp3) is 0.107. The highest BCUT2D eigenvalue weighted by Gasteiger charge is 2.16. The number of methoxy groups -OCH3 is 1. The summed E-state index contributed by atoms with van der Waals surface area (Å²) in [6.45, 7) is 2.17. The first-order valence-electron chi connectivity index (χ1n) is 10.9. The molecule has 0 radical (unpaired) electrons. The second-order valence-electron chi connectivity index (χ2n) is 7.76. The summed E-state index contributed by atoms with van der Waals surface area (Å²) in [4.78, 5) is 30.3.